The van der Waals surface area contributed by atoms with Crippen LogP contribution < -0.4 is 10.0 Å². The van der Waals surface area contributed by atoms with Gasteiger partial charge >= 0.3 is 0 Å². The second kappa shape index (κ2) is 8.85. The van der Waals surface area contributed by atoms with Crippen molar-refractivity contribution >= 4 is 33.2 Å². The first-order chi connectivity index (χ1) is 9.44. The second-order valence-corrected chi connectivity index (χ2v) is 7.28. The van der Waals surface area contributed by atoms with Crippen molar-refractivity contribution in [2.75, 3.05) is 25.9 Å². The van der Waals surface area contributed by atoms with Crippen LogP contribution in [-0.4, -0.2) is 34.3 Å². The van der Waals surface area contributed by atoms with E-state index in [4.69, 9.17) is 23.2 Å². The van der Waals surface area contributed by atoms with Crippen LogP contribution in [0, 0.1) is 0 Å². The van der Waals surface area contributed by atoms with Gasteiger partial charge in [0.05, 0.1) is 5.75 Å². The molecule has 0 aromatic heterocycles. The summed E-state index contributed by atoms with van der Waals surface area (Å²) in [6.07, 6.45) is 2.05. The van der Waals surface area contributed by atoms with Crippen molar-refractivity contribution in [3.8, 4) is 0 Å². The minimum atomic E-state index is -3.20. The van der Waals surface area contributed by atoms with Crippen LogP contribution in [0.15, 0.2) is 18.2 Å². The van der Waals surface area contributed by atoms with Crippen LogP contribution in [0.25, 0.3) is 0 Å². The summed E-state index contributed by atoms with van der Waals surface area (Å²) in [6, 6.07) is 5.21. The molecule has 114 valence electrons. The maximum atomic E-state index is 11.7. The normalized spacial score (nSPS) is 11.8. The molecule has 1 rings (SSSR count). The summed E-state index contributed by atoms with van der Waals surface area (Å²) in [5.41, 5.74) is 0.883. The molecule has 0 heterocycles. The van der Waals surface area contributed by atoms with Crippen LogP contribution in [0.3, 0.4) is 0 Å². The average Bonchev–Trinajstić information content (AvgIpc) is 2.37. The van der Waals surface area contributed by atoms with Gasteiger partial charge in [-0.05, 0) is 50.6 Å². The number of hydrogen-bond acceptors (Lipinski definition) is 3. The fraction of sp³-hybridized carbons (Fsp3) is 0.538. The van der Waals surface area contributed by atoms with E-state index in [2.05, 4.69) is 10.0 Å². The van der Waals surface area contributed by atoms with Gasteiger partial charge in [-0.25, -0.2) is 13.1 Å². The van der Waals surface area contributed by atoms with Gasteiger partial charge in [-0.2, -0.15) is 0 Å². The van der Waals surface area contributed by atoms with Gasteiger partial charge in [0.25, 0.3) is 0 Å². The molecule has 0 saturated carbocycles. The van der Waals surface area contributed by atoms with Gasteiger partial charge in [-0.1, -0.05) is 29.3 Å². The lowest BCUT2D eigenvalue weighted by atomic mass is 10.1. The molecule has 0 saturated heterocycles. The quantitative estimate of drug-likeness (QED) is 0.680. The molecule has 0 fully saturated rings. The Kier molecular flexibility index (Phi) is 7.84. The topological polar surface area (TPSA) is 58.2 Å². The van der Waals surface area contributed by atoms with Gasteiger partial charge in [-0.3, -0.25) is 0 Å². The van der Waals surface area contributed by atoms with Gasteiger partial charge in [0.2, 0.25) is 10.0 Å². The van der Waals surface area contributed by atoms with Crippen LogP contribution in [0.1, 0.15) is 18.4 Å². The molecule has 0 radical (unpaired) electrons. The van der Waals surface area contributed by atoms with E-state index >= 15 is 0 Å². The maximum Gasteiger partial charge on any atom is 0.211 e. The predicted octanol–water partition coefficient (Wildman–Crippen LogP) is 2.45. The van der Waals surface area contributed by atoms with Crippen LogP contribution in [0.4, 0.5) is 0 Å². The first-order valence-corrected chi connectivity index (χ1v) is 8.91. The fourth-order valence-corrected chi connectivity index (χ4v) is 3.38. The number of nitrogens with one attached hydrogen (secondary N) is 2. The van der Waals surface area contributed by atoms with E-state index < -0.39 is 10.0 Å². The van der Waals surface area contributed by atoms with Gasteiger partial charge in [-0.15, -0.1) is 0 Å². The Balaban J connectivity index is 2.35. The molecule has 0 aliphatic carbocycles. The molecule has 0 spiro atoms. The molecular weight excluding hydrogens is 319 g/mol. The van der Waals surface area contributed by atoms with Gasteiger partial charge < -0.3 is 5.32 Å². The molecule has 4 nitrogen and oxygen atoms in total. The molecule has 1 aromatic rings. The summed E-state index contributed by atoms with van der Waals surface area (Å²) in [5.74, 6) is 0.156. The minimum Gasteiger partial charge on any atom is -0.320 e. The summed E-state index contributed by atoms with van der Waals surface area (Å²) in [6.45, 7) is 1.17. The third-order valence-corrected chi connectivity index (χ3v) is 4.88. The number of benzene rings is 1. The van der Waals surface area contributed by atoms with Crippen molar-refractivity contribution < 1.29 is 8.42 Å². The number of sulfonamides is 1. The zero-order valence-corrected chi connectivity index (χ0v) is 13.8. The van der Waals surface area contributed by atoms with Gasteiger partial charge in [0.1, 0.15) is 0 Å². The third kappa shape index (κ3) is 6.90. The van der Waals surface area contributed by atoms with Gasteiger partial charge in [0.15, 0.2) is 0 Å². The van der Waals surface area contributed by atoms with Crippen molar-refractivity contribution in [1.29, 1.82) is 0 Å². The van der Waals surface area contributed by atoms with Crippen LogP contribution in [0.2, 0.25) is 10.0 Å². The lowest BCUT2D eigenvalue weighted by molar-refractivity contribution is 0.576. The highest BCUT2D eigenvalue weighted by Crippen LogP contribution is 2.21. The van der Waals surface area contributed by atoms with E-state index in [-0.39, 0.29) is 5.75 Å². The summed E-state index contributed by atoms with van der Waals surface area (Å²) >= 11 is 11.8. The molecule has 20 heavy (non-hydrogen) atoms. The second-order valence-electron chi connectivity index (χ2n) is 4.51. The zero-order chi connectivity index (χ0) is 15.0. The molecular formula is C13H20Cl2N2O2S. The molecule has 0 atom stereocenters. The Morgan fingerprint density at radius 2 is 1.90 bits per heavy atom. The summed E-state index contributed by atoms with van der Waals surface area (Å²) < 4.78 is 26.1. The van der Waals surface area contributed by atoms with Crippen LogP contribution >= 0.6 is 23.2 Å². The first kappa shape index (κ1) is 17.7. The summed E-state index contributed by atoms with van der Waals surface area (Å²) in [5, 5.41) is 4.12. The molecule has 0 aliphatic rings. The zero-order valence-electron chi connectivity index (χ0n) is 11.5. The van der Waals surface area contributed by atoms with Crippen molar-refractivity contribution in [2.24, 2.45) is 0 Å². The fourth-order valence-electron chi connectivity index (χ4n) is 1.73. The average molecular weight is 339 g/mol. The number of rotatable bonds is 9. The Bertz CT molecular complexity index is 521. The summed E-state index contributed by atoms with van der Waals surface area (Å²) in [7, 11) is -1.35. The molecule has 7 heteroatoms. The lowest BCUT2D eigenvalue weighted by Gasteiger charge is -2.08. The van der Waals surface area contributed by atoms with Crippen LogP contribution in [0.5, 0.6) is 0 Å². The van der Waals surface area contributed by atoms with Gasteiger partial charge in [0, 0.05) is 16.6 Å². The van der Waals surface area contributed by atoms with Crippen molar-refractivity contribution in [1.82, 2.24) is 10.0 Å². The van der Waals surface area contributed by atoms with Crippen molar-refractivity contribution in [2.45, 2.75) is 19.3 Å². The van der Waals surface area contributed by atoms with E-state index in [1.54, 1.807) is 12.1 Å². The summed E-state index contributed by atoms with van der Waals surface area (Å²) in [4.78, 5) is 0. The Morgan fingerprint density at radius 1 is 1.15 bits per heavy atom. The molecule has 0 bridgehead atoms. The third-order valence-electron chi connectivity index (χ3n) is 2.82. The Hall–Kier alpha value is -0.330. The molecule has 0 aliphatic heterocycles. The Morgan fingerprint density at radius 3 is 2.55 bits per heavy atom. The first-order valence-electron chi connectivity index (χ1n) is 6.50. The largest absolute Gasteiger partial charge is 0.320 e. The van der Waals surface area contributed by atoms with E-state index in [0.29, 0.717) is 29.4 Å². The van der Waals surface area contributed by atoms with Crippen molar-refractivity contribution in [3.63, 3.8) is 0 Å². The highest BCUT2D eigenvalue weighted by atomic mass is 35.5. The standard InChI is InChI=1S/C13H20Cl2N2O2S/c1-16-7-2-3-9-20(18,19)17-8-6-11-4-5-12(14)10-13(11)15/h4-5,10,16-17H,2-3,6-9H2,1H3. The van der Waals surface area contributed by atoms with Crippen LogP contribution in [-0.2, 0) is 16.4 Å². The Labute approximate surface area is 130 Å². The van der Waals surface area contributed by atoms with Crippen molar-refractivity contribution in [3.05, 3.63) is 33.8 Å². The lowest BCUT2D eigenvalue weighted by Crippen LogP contribution is -2.28. The highest BCUT2D eigenvalue weighted by Gasteiger charge is 2.09. The van der Waals surface area contributed by atoms with E-state index in [1.165, 1.54) is 0 Å². The molecule has 1 aromatic carbocycles. The molecule has 0 unspecified atom stereocenters. The van der Waals surface area contributed by atoms with E-state index in [1.807, 2.05) is 13.1 Å². The van der Waals surface area contributed by atoms with E-state index in [9.17, 15) is 8.42 Å². The molecule has 2 N–H and O–H groups in total. The van der Waals surface area contributed by atoms with E-state index in [0.717, 1.165) is 18.5 Å². The predicted molar refractivity (Wildman–Crippen MR) is 85.1 cm³/mol. The maximum absolute atomic E-state index is 11.7. The minimum absolute atomic E-state index is 0.156. The highest BCUT2D eigenvalue weighted by molar-refractivity contribution is 7.89. The monoisotopic (exact) mass is 338 g/mol. The number of hydrogen-bond donors (Lipinski definition) is 2. The number of unbranched alkanes of at least 4 members (excludes halogenated alkanes) is 1. The SMILES string of the molecule is CNCCCCS(=O)(=O)NCCc1ccc(Cl)cc1Cl. The number of halogens is 2. The smallest absolute Gasteiger partial charge is 0.211 e. The molecule has 0 amide bonds.